The Balaban J connectivity index is 1.40. The highest BCUT2D eigenvalue weighted by Gasteiger charge is 2.11. The maximum Gasteiger partial charge on any atom is 0.306 e. The van der Waals surface area contributed by atoms with Crippen molar-refractivity contribution in [2.75, 3.05) is 11.9 Å². The van der Waals surface area contributed by atoms with Crippen LogP contribution in [-0.4, -0.2) is 23.5 Å². The van der Waals surface area contributed by atoms with E-state index in [-0.39, 0.29) is 12.1 Å². The number of aryl methyl sites for hydroxylation is 1. The first kappa shape index (κ1) is 19.3. The van der Waals surface area contributed by atoms with Crippen LogP contribution in [0.4, 0.5) is 10.1 Å². The van der Waals surface area contributed by atoms with E-state index in [1.807, 2.05) is 24.3 Å². The van der Waals surface area contributed by atoms with Gasteiger partial charge in [0, 0.05) is 11.4 Å². The van der Waals surface area contributed by atoms with Crippen molar-refractivity contribution < 1.29 is 18.7 Å². The van der Waals surface area contributed by atoms with Crippen LogP contribution in [0.1, 0.15) is 17.8 Å². The number of halogens is 2. The molecular formula is C19H16ClFN2O3S. The van der Waals surface area contributed by atoms with Crippen molar-refractivity contribution >= 4 is 50.7 Å². The molecule has 5 nitrogen and oxygen atoms in total. The second-order valence-electron chi connectivity index (χ2n) is 5.76. The van der Waals surface area contributed by atoms with Gasteiger partial charge in [-0.25, -0.2) is 9.37 Å². The van der Waals surface area contributed by atoms with Gasteiger partial charge in [0.05, 0.1) is 20.9 Å². The van der Waals surface area contributed by atoms with Gasteiger partial charge in [-0.15, -0.1) is 11.3 Å². The molecule has 1 heterocycles. The molecule has 0 aliphatic carbocycles. The number of carbonyl (C=O) groups is 2. The molecule has 0 aliphatic heterocycles. The lowest BCUT2D eigenvalue weighted by atomic mass is 10.2. The number of thiazole rings is 1. The number of carbonyl (C=O) groups excluding carboxylic acids is 2. The summed E-state index contributed by atoms with van der Waals surface area (Å²) >= 11 is 7.35. The molecule has 8 heteroatoms. The van der Waals surface area contributed by atoms with Crippen LogP contribution in [0.2, 0.25) is 5.02 Å². The van der Waals surface area contributed by atoms with E-state index in [1.54, 1.807) is 11.3 Å². The Morgan fingerprint density at radius 1 is 1.22 bits per heavy atom. The third-order valence-corrected chi connectivity index (χ3v) is 5.01. The van der Waals surface area contributed by atoms with Gasteiger partial charge in [0.1, 0.15) is 5.82 Å². The summed E-state index contributed by atoms with van der Waals surface area (Å²) in [6.07, 6.45) is 1.41. The summed E-state index contributed by atoms with van der Waals surface area (Å²) in [6.45, 7) is -0.480. The number of aromatic nitrogens is 1. The predicted octanol–water partition coefficient (Wildman–Crippen LogP) is 4.59. The Kier molecular flexibility index (Phi) is 6.36. The summed E-state index contributed by atoms with van der Waals surface area (Å²) in [5.74, 6) is -1.73. The van der Waals surface area contributed by atoms with Crippen LogP contribution in [-0.2, 0) is 20.7 Å². The van der Waals surface area contributed by atoms with Crippen LogP contribution in [0, 0.1) is 5.82 Å². The lowest BCUT2D eigenvalue weighted by Crippen LogP contribution is -2.21. The van der Waals surface area contributed by atoms with E-state index in [1.165, 1.54) is 12.1 Å². The molecule has 0 atom stereocenters. The van der Waals surface area contributed by atoms with Crippen molar-refractivity contribution in [3.8, 4) is 0 Å². The molecule has 2 aromatic carbocycles. The van der Waals surface area contributed by atoms with Crippen molar-refractivity contribution in [1.29, 1.82) is 0 Å². The lowest BCUT2D eigenvalue weighted by Gasteiger charge is -2.07. The normalized spacial score (nSPS) is 10.7. The summed E-state index contributed by atoms with van der Waals surface area (Å²) in [4.78, 5) is 28.0. The number of para-hydroxylation sites is 1. The predicted molar refractivity (Wildman–Crippen MR) is 104 cm³/mol. The van der Waals surface area contributed by atoms with E-state index in [4.69, 9.17) is 16.3 Å². The Morgan fingerprint density at radius 3 is 2.85 bits per heavy atom. The standard InChI is InChI=1S/C19H16ClFN2O3S/c20-12-8-9-13(21)15(10-12)22-17(24)11-26-19(25)7-3-6-18-23-14-4-1-2-5-16(14)27-18/h1-2,4-5,8-10H,3,6-7,11H2,(H,22,24). The van der Waals surface area contributed by atoms with E-state index in [2.05, 4.69) is 10.3 Å². The van der Waals surface area contributed by atoms with Crippen LogP contribution in [0.5, 0.6) is 0 Å². The molecule has 140 valence electrons. The highest BCUT2D eigenvalue weighted by atomic mass is 35.5. The van der Waals surface area contributed by atoms with Gasteiger partial charge in [-0.2, -0.15) is 0 Å². The summed E-state index contributed by atoms with van der Waals surface area (Å²) in [6, 6.07) is 11.7. The Labute approximate surface area is 164 Å². The van der Waals surface area contributed by atoms with E-state index >= 15 is 0 Å². The minimum Gasteiger partial charge on any atom is -0.456 e. The summed E-state index contributed by atoms with van der Waals surface area (Å²) in [5, 5.41) is 3.57. The van der Waals surface area contributed by atoms with Gasteiger partial charge in [0.25, 0.3) is 5.91 Å². The molecule has 0 bridgehead atoms. The topological polar surface area (TPSA) is 68.3 Å². The van der Waals surface area contributed by atoms with Gasteiger partial charge in [0.15, 0.2) is 6.61 Å². The van der Waals surface area contributed by atoms with Crippen LogP contribution < -0.4 is 5.32 Å². The van der Waals surface area contributed by atoms with Gasteiger partial charge in [0.2, 0.25) is 0 Å². The number of benzene rings is 2. The molecule has 0 unspecified atom stereocenters. The number of nitrogens with one attached hydrogen (secondary N) is 1. The quantitative estimate of drug-likeness (QED) is 0.582. The Hall–Kier alpha value is -2.51. The second kappa shape index (κ2) is 8.92. The van der Waals surface area contributed by atoms with Gasteiger partial charge in [-0.05, 0) is 43.2 Å². The third kappa shape index (κ3) is 5.48. The van der Waals surface area contributed by atoms with Crippen LogP contribution in [0.25, 0.3) is 10.2 Å². The molecule has 0 fully saturated rings. The fraction of sp³-hybridized carbons (Fsp3) is 0.211. The number of anilines is 1. The maximum absolute atomic E-state index is 13.5. The van der Waals surface area contributed by atoms with E-state index in [9.17, 15) is 14.0 Å². The number of amides is 1. The number of nitrogens with zero attached hydrogens (tertiary/aromatic N) is 1. The zero-order valence-electron chi connectivity index (χ0n) is 14.2. The number of esters is 1. The van der Waals surface area contributed by atoms with Gasteiger partial charge in [-0.1, -0.05) is 23.7 Å². The number of hydrogen-bond donors (Lipinski definition) is 1. The largest absolute Gasteiger partial charge is 0.456 e. The second-order valence-corrected chi connectivity index (χ2v) is 7.31. The van der Waals surface area contributed by atoms with E-state index in [0.29, 0.717) is 17.9 Å². The molecule has 0 spiro atoms. The molecule has 1 aromatic heterocycles. The first-order chi connectivity index (χ1) is 13.0. The van der Waals surface area contributed by atoms with Crippen molar-refractivity contribution in [3.63, 3.8) is 0 Å². The highest BCUT2D eigenvalue weighted by Crippen LogP contribution is 2.23. The molecule has 1 N–H and O–H groups in total. The monoisotopic (exact) mass is 406 g/mol. The molecule has 0 aliphatic rings. The average molecular weight is 407 g/mol. The van der Waals surface area contributed by atoms with Gasteiger partial charge < -0.3 is 10.1 Å². The van der Waals surface area contributed by atoms with Crippen molar-refractivity contribution in [3.05, 3.63) is 58.3 Å². The zero-order chi connectivity index (χ0) is 19.2. The molecule has 3 aromatic rings. The van der Waals surface area contributed by atoms with Crippen LogP contribution >= 0.6 is 22.9 Å². The minimum absolute atomic E-state index is 0.0561. The fourth-order valence-corrected chi connectivity index (χ4v) is 3.59. The van der Waals surface area contributed by atoms with Gasteiger partial charge >= 0.3 is 5.97 Å². The van der Waals surface area contributed by atoms with E-state index in [0.717, 1.165) is 21.3 Å². The molecule has 0 radical (unpaired) electrons. The van der Waals surface area contributed by atoms with Gasteiger partial charge in [-0.3, -0.25) is 9.59 Å². The lowest BCUT2D eigenvalue weighted by molar-refractivity contribution is -0.147. The molecule has 3 rings (SSSR count). The number of rotatable bonds is 7. The van der Waals surface area contributed by atoms with Crippen molar-refractivity contribution in [2.45, 2.75) is 19.3 Å². The molecule has 1 amide bonds. The number of fused-ring (bicyclic) bond motifs is 1. The number of ether oxygens (including phenoxy) is 1. The summed E-state index contributed by atoms with van der Waals surface area (Å²) in [7, 11) is 0. The average Bonchev–Trinajstić information content (AvgIpc) is 3.06. The fourth-order valence-electron chi connectivity index (χ4n) is 2.41. The molecule has 0 saturated heterocycles. The maximum atomic E-state index is 13.5. The SMILES string of the molecule is O=C(COC(=O)CCCc1nc2ccccc2s1)Nc1cc(Cl)ccc1F. The third-order valence-electron chi connectivity index (χ3n) is 3.68. The zero-order valence-corrected chi connectivity index (χ0v) is 15.8. The van der Waals surface area contributed by atoms with Crippen molar-refractivity contribution in [1.82, 2.24) is 4.98 Å². The summed E-state index contributed by atoms with van der Waals surface area (Å²) < 4.78 is 19.6. The highest BCUT2D eigenvalue weighted by molar-refractivity contribution is 7.18. The Bertz CT molecular complexity index is 943. The van der Waals surface area contributed by atoms with Crippen LogP contribution in [0.15, 0.2) is 42.5 Å². The first-order valence-electron chi connectivity index (χ1n) is 8.26. The van der Waals surface area contributed by atoms with E-state index < -0.39 is 24.3 Å². The number of hydrogen-bond acceptors (Lipinski definition) is 5. The molecule has 0 saturated carbocycles. The summed E-state index contributed by atoms with van der Waals surface area (Å²) in [5.41, 5.74) is 0.893. The van der Waals surface area contributed by atoms with Crippen molar-refractivity contribution in [2.24, 2.45) is 0 Å². The molecule has 27 heavy (non-hydrogen) atoms. The smallest absolute Gasteiger partial charge is 0.306 e. The molecular weight excluding hydrogens is 391 g/mol. The minimum atomic E-state index is -0.629. The first-order valence-corrected chi connectivity index (χ1v) is 9.45. The Morgan fingerprint density at radius 2 is 2.04 bits per heavy atom. The van der Waals surface area contributed by atoms with Crippen LogP contribution in [0.3, 0.4) is 0 Å².